The lowest BCUT2D eigenvalue weighted by Gasteiger charge is -2.35. The first-order valence-electron chi connectivity index (χ1n) is 8.79. The van der Waals surface area contributed by atoms with E-state index < -0.39 is 0 Å². The number of rotatable bonds is 4. The minimum Gasteiger partial charge on any atom is -0.508 e. The number of likely N-dealkylation sites (tertiary alicyclic amines) is 1. The lowest BCUT2D eigenvalue weighted by Crippen LogP contribution is -2.44. The van der Waals surface area contributed by atoms with Crippen molar-refractivity contribution in [3.05, 3.63) is 59.9 Å². The van der Waals surface area contributed by atoms with E-state index in [2.05, 4.69) is 39.1 Å². The van der Waals surface area contributed by atoms with Crippen LogP contribution in [0, 0.1) is 5.92 Å². The molecule has 0 amide bonds. The molecule has 0 spiro atoms. The number of piperidine rings is 1. The van der Waals surface area contributed by atoms with Crippen molar-refractivity contribution in [2.45, 2.75) is 25.5 Å². The summed E-state index contributed by atoms with van der Waals surface area (Å²) < 4.78 is 0. The summed E-state index contributed by atoms with van der Waals surface area (Å²) in [6.45, 7) is 2.31. The average Bonchev–Trinajstić information content (AvgIpc) is 2.99. The number of aromatic hydroxyl groups is 1. The fraction of sp³-hybridized carbons (Fsp3) is 0.350. The highest BCUT2D eigenvalue weighted by molar-refractivity contribution is 5.76. The van der Waals surface area contributed by atoms with Crippen LogP contribution in [-0.2, 0) is 13.0 Å². The number of aromatic amines is 1. The molecule has 0 saturated carbocycles. The van der Waals surface area contributed by atoms with Gasteiger partial charge < -0.3 is 15.2 Å². The zero-order valence-corrected chi connectivity index (χ0v) is 14.1. The topological polar surface area (TPSA) is 72.4 Å². The third-order valence-corrected chi connectivity index (χ3v) is 5.03. The van der Waals surface area contributed by atoms with E-state index in [9.17, 15) is 10.2 Å². The number of imidazole rings is 1. The molecule has 2 aromatic carbocycles. The van der Waals surface area contributed by atoms with E-state index >= 15 is 0 Å². The maximum atomic E-state index is 10.5. The number of phenols is 1. The number of nitrogens with zero attached hydrogens (tertiary/aromatic N) is 2. The highest BCUT2D eigenvalue weighted by atomic mass is 16.3. The first kappa shape index (κ1) is 16.1. The Morgan fingerprint density at radius 2 is 2.00 bits per heavy atom. The number of phenolic OH excluding ortho intramolecular Hbond substituents is 1. The molecule has 5 heteroatoms. The summed E-state index contributed by atoms with van der Waals surface area (Å²) in [6, 6.07) is 15.5. The van der Waals surface area contributed by atoms with Crippen molar-refractivity contribution < 1.29 is 10.2 Å². The van der Waals surface area contributed by atoms with Gasteiger partial charge in [0, 0.05) is 12.6 Å². The van der Waals surface area contributed by atoms with Crippen molar-refractivity contribution in [2.24, 2.45) is 5.92 Å². The van der Waals surface area contributed by atoms with Gasteiger partial charge in [-0.15, -0.1) is 0 Å². The summed E-state index contributed by atoms with van der Waals surface area (Å²) in [5.41, 5.74) is 2.99. The lowest BCUT2D eigenvalue weighted by atomic mass is 9.88. The summed E-state index contributed by atoms with van der Waals surface area (Å²) in [7, 11) is 0. The molecule has 1 aromatic heterocycles. The molecule has 1 aliphatic rings. The second-order valence-corrected chi connectivity index (χ2v) is 6.93. The number of fused-ring (bicyclic) bond motifs is 1. The van der Waals surface area contributed by atoms with Crippen LogP contribution in [0.2, 0.25) is 0 Å². The molecule has 5 nitrogen and oxygen atoms in total. The van der Waals surface area contributed by atoms with Gasteiger partial charge in [-0.2, -0.15) is 0 Å². The van der Waals surface area contributed by atoms with E-state index in [1.54, 1.807) is 12.1 Å². The number of hydrogen-bond donors (Lipinski definition) is 3. The van der Waals surface area contributed by atoms with E-state index in [4.69, 9.17) is 0 Å². The number of aromatic nitrogens is 2. The third kappa shape index (κ3) is 3.67. The molecule has 3 N–H and O–H groups in total. The standard InChI is InChI=1S/C20H23N3O2/c24-16-6-7-17-18(11-16)22-20(21-17)13-23-9-8-15(19(25)12-23)10-14-4-2-1-3-5-14/h1-7,11,15,19,24-25H,8-10,12-13H2,(H,21,22)/t15-,19+/m1/s1. The summed E-state index contributed by atoms with van der Waals surface area (Å²) in [6.07, 6.45) is 1.60. The van der Waals surface area contributed by atoms with Crippen LogP contribution in [0.5, 0.6) is 5.75 Å². The van der Waals surface area contributed by atoms with Crippen LogP contribution in [0.4, 0.5) is 0 Å². The predicted octanol–water partition coefficient (Wildman–Crippen LogP) is 2.69. The first-order valence-corrected chi connectivity index (χ1v) is 8.79. The van der Waals surface area contributed by atoms with Crippen LogP contribution in [0.25, 0.3) is 11.0 Å². The first-order chi connectivity index (χ1) is 12.2. The van der Waals surface area contributed by atoms with Crippen LogP contribution >= 0.6 is 0 Å². The van der Waals surface area contributed by atoms with Crippen molar-refractivity contribution >= 4 is 11.0 Å². The SMILES string of the molecule is Oc1ccc2nc(CN3CC[C@H](Cc4ccccc4)[C@@H](O)C3)[nH]c2c1. The molecule has 130 valence electrons. The number of H-pyrrole nitrogens is 1. The number of nitrogens with one attached hydrogen (secondary N) is 1. The van der Waals surface area contributed by atoms with E-state index in [1.807, 2.05) is 12.1 Å². The molecule has 0 aliphatic carbocycles. The molecule has 25 heavy (non-hydrogen) atoms. The Morgan fingerprint density at radius 3 is 2.80 bits per heavy atom. The van der Waals surface area contributed by atoms with Gasteiger partial charge in [0.1, 0.15) is 11.6 Å². The molecule has 4 rings (SSSR count). The van der Waals surface area contributed by atoms with Crippen molar-refractivity contribution in [2.75, 3.05) is 13.1 Å². The number of β-amino-alcohol motifs (C(OH)–C–C–N with tert-alkyl or cyclic N) is 1. The maximum Gasteiger partial charge on any atom is 0.121 e. The Hall–Kier alpha value is -2.37. The quantitative estimate of drug-likeness (QED) is 0.684. The van der Waals surface area contributed by atoms with Crippen molar-refractivity contribution in [3.63, 3.8) is 0 Å². The Bertz CT molecular complexity index is 847. The summed E-state index contributed by atoms with van der Waals surface area (Å²) in [5.74, 6) is 1.42. The molecule has 3 aromatic rings. The van der Waals surface area contributed by atoms with Crippen LogP contribution in [0.3, 0.4) is 0 Å². The second-order valence-electron chi connectivity index (χ2n) is 6.93. The molecule has 0 radical (unpaired) electrons. The Kier molecular flexibility index (Phi) is 4.42. The molecule has 0 unspecified atom stereocenters. The minimum absolute atomic E-state index is 0.236. The van der Waals surface area contributed by atoms with Crippen molar-refractivity contribution in [1.82, 2.24) is 14.9 Å². The monoisotopic (exact) mass is 337 g/mol. The molecule has 0 bridgehead atoms. The van der Waals surface area contributed by atoms with Gasteiger partial charge in [-0.1, -0.05) is 30.3 Å². The molecule has 2 atom stereocenters. The van der Waals surface area contributed by atoms with Gasteiger partial charge in [-0.25, -0.2) is 4.98 Å². The number of aliphatic hydroxyl groups is 1. The van der Waals surface area contributed by atoms with Gasteiger partial charge in [0.25, 0.3) is 0 Å². The molecule has 1 aliphatic heterocycles. The zero-order chi connectivity index (χ0) is 17.2. The summed E-state index contributed by atoms with van der Waals surface area (Å²) in [5, 5.41) is 20.1. The van der Waals surface area contributed by atoms with E-state index in [0.29, 0.717) is 19.0 Å². The van der Waals surface area contributed by atoms with Gasteiger partial charge in [0.2, 0.25) is 0 Å². The number of aliphatic hydroxyl groups excluding tert-OH is 1. The van der Waals surface area contributed by atoms with Crippen LogP contribution in [0.1, 0.15) is 17.8 Å². The van der Waals surface area contributed by atoms with E-state index in [1.165, 1.54) is 5.56 Å². The highest BCUT2D eigenvalue weighted by Gasteiger charge is 2.28. The predicted molar refractivity (Wildman–Crippen MR) is 97.3 cm³/mol. The minimum atomic E-state index is -0.317. The Labute approximate surface area is 146 Å². The van der Waals surface area contributed by atoms with Gasteiger partial charge in [0.15, 0.2) is 0 Å². The Balaban J connectivity index is 1.38. The molecule has 2 heterocycles. The lowest BCUT2D eigenvalue weighted by molar-refractivity contribution is 0.0179. The smallest absolute Gasteiger partial charge is 0.121 e. The average molecular weight is 337 g/mol. The second kappa shape index (κ2) is 6.86. The number of hydrogen-bond acceptors (Lipinski definition) is 4. The van der Waals surface area contributed by atoms with E-state index in [0.717, 1.165) is 36.2 Å². The fourth-order valence-electron chi connectivity index (χ4n) is 3.68. The molecule has 1 fully saturated rings. The van der Waals surface area contributed by atoms with Crippen LogP contribution in [-0.4, -0.2) is 44.3 Å². The third-order valence-electron chi connectivity index (χ3n) is 5.03. The van der Waals surface area contributed by atoms with Gasteiger partial charge in [-0.3, -0.25) is 4.90 Å². The fourth-order valence-corrected chi connectivity index (χ4v) is 3.68. The van der Waals surface area contributed by atoms with Crippen molar-refractivity contribution in [3.8, 4) is 5.75 Å². The molecular weight excluding hydrogens is 314 g/mol. The van der Waals surface area contributed by atoms with Gasteiger partial charge in [-0.05, 0) is 43.0 Å². The Morgan fingerprint density at radius 1 is 1.16 bits per heavy atom. The summed E-state index contributed by atoms with van der Waals surface area (Å²) >= 11 is 0. The summed E-state index contributed by atoms with van der Waals surface area (Å²) in [4.78, 5) is 10.1. The van der Waals surface area contributed by atoms with E-state index in [-0.39, 0.29) is 11.9 Å². The van der Waals surface area contributed by atoms with Crippen LogP contribution in [0.15, 0.2) is 48.5 Å². The van der Waals surface area contributed by atoms with Gasteiger partial charge in [0.05, 0.1) is 23.7 Å². The molecule has 1 saturated heterocycles. The maximum absolute atomic E-state index is 10.5. The zero-order valence-electron chi connectivity index (χ0n) is 14.1. The van der Waals surface area contributed by atoms with Crippen LogP contribution < -0.4 is 0 Å². The molecular formula is C20H23N3O2. The van der Waals surface area contributed by atoms with Gasteiger partial charge >= 0.3 is 0 Å². The largest absolute Gasteiger partial charge is 0.508 e. The normalized spacial score (nSPS) is 21.6. The number of benzene rings is 2. The van der Waals surface area contributed by atoms with Crippen molar-refractivity contribution in [1.29, 1.82) is 0 Å². The highest BCUT2D eigenvalue weighted by Crippen LogP contribution is 2.24.